The van der Waals surface area contributed by atoms with Gasteiger partial charge in [0, 0.05) is 0 Å². The summed E-state index contributed by atoms with van der Waals surface area (Å²) in [5.74, 6) is -0.685. The molecule has 2 N–H and O–H groups in total. The van der Waals surface area contributed by atoms with Crippen LogP contribution in [0.5, 0.6) is 0 Å². The molecule has 0 bridgehead atoms. The summed E-state index contributed by atoms with van der Waals surface area (Å²) in [6.07, 6.45) is 0. The molecular formula is C12H12N2O. The number of nitriles is 1. The fourth-order valence-corrected chi connectivity index (χ4v) is 1.27. The van der Waals surface area contributed by atoms with Crippen molar-refractivity contribution in [2.75, 3.05) is 0 Å². The van der Waals surface area contributed by atoms with E-state index in [1.807, 2.05) is 37.3 Å². The van der Waals surface area contributed by atoms with Gasteiger partial charge in [-0.05, 0) is 25.0 Å². The number of hydrogen-bond donors (Lipinski definition) is 1. The Morgan fingerprint density at radius 2 is 1.87 bits per heavy atom. The molecule has 1 amide bonds. The summed E-state index contributed by atoms with van der Waals surface area (Å²) in [7, 11) is 0. The Balaban J connectivity index is 3.24. The Morgan fingerprint density at radius 1 is 1.33 bits per heavy atom. The maximum atomic E-state index is 11.0. The average molecular weight is 200 g/mol. The molecule has 1 aromatic carbocycles. The molecule has 1 aromatic rings. The van der Waals surface area contributed by atoms with E-state index in [0.717, 1.165) is 11.1 Å². The van der Waals surface area contributed by atoms with Gasteiger partial charge in [-0.3, -0.25) is 4.79 Å². The summed E-state index contributed by atoms with van der Waals surface area (Å²) in [6.45, 7) is 3.69. The molecule has 0 atom stereocenters. The molecule has 0 heterocycles. The van der Waals surface area contributed by atoms with Gasteiger partial charge in [-0.25, -0.2) is 0 Å². The standard InChI is InChI=1S/C12H12N2O/c1-8-3-5-10(6-4-8)9(2)11(7-13)12(14)15/h3-6H,1-2H3,(H2,14,15). The van der Waals surface area contributed by atoms with Gasteiger partial charge >= 0.3 is 0 Å². The van der Waals surface area contributed by atoms with Crippen LogP contribution in [0.3, 0.4) is 0 Å². The van der Waals surface area contributed by atoms with Crippen molar-refractivity contribution in [3.05, 3.63) is 41.0 Å². The number of aryl methyl sites for hydroxylation is 1. The van der Waals surface area contributed by atoms with Gasteiger partial charge in [0.15, 0.2) is 0 Å². The third-order valence-electron chi connectivity index (χ3n) is 2.22. The highest BCUT2D eigenvalue weighted by molar-refractivity contribution is 6.03. The monoisotopic (exact) mass is 200 g/mol. The topological polar surface area (TPSA) is 66.9 Å². The molecule has 0 radical (unpaired) electrons. The van der Waals surface area contributed by atoms with Crippen molar-refractivity contribution >= 4 is 11.5 Å². The van der Waals surface area contributed by atoms with Crippen LogP contribution in [0.2, 0.25) is 0 Å². The second kappa shape index (κ2) is 4.43. The maximum Gasteiger partial charge on any atom is 0.259 e. The molecule has 0 spiro atoms. The van der Waals surface area contributed by atoms with Gasteiger partial charge in [-0.2, -0.15) is 5.26 Å². The van der Waals surface area contributed by atoms with E-state index >= 15 is 0 Å². The summed E-state index contributed by atoms with van der Waals surface area (Å²) in [6, 6.07) is 9.40. The van der Waals surface area contributed by atoms with Crippen molar-refractivity contribution in [3.63, 3.8) is 0 Å². The minimum absolute atomic E-state index is 0.0128. The summed E-state index contributed by atoms with van der Waals surface area (Å²) in [5, 5.41) is 8.77. The first-order chi connectivity index (χ1) is 7.06. The van der Waals surface area contributed by atoms with E-state index < -0.39 is 5.91 Å². The third-order valence-corrected chi connectivity index (χ3v) is 2.22. The lowest BCUT2D eigenvalue weighted by Gasteiger charge is -2.03. The Labute approximate surface area is 88.8 Å². The van der Waals surface area contributed by atoms with E-state index in [0.29, 0.717) is 5.57 Å². The molecule has 0 aliphatic heterocycles. The summed E-state index contributed by atoms with van der Waals surface area (Å²) < 4.78 is 0. The number of hydrogen-bond acceptors (Lipinski definition) is 2. The molecule has 76 valence electrons. The number of amides is 1. The number of nitrogens with two attached hydrogens (primary N) is 1. The molecule has 3 heteroatoms. The molecular weight excluding hydrogens is 188 g/mol. The van der Waals surface area contributed by atoms with Gasteiger partial charge < -0.3 is 5.73 Å². The fraction of sp³-hybridized carbons (Fsp3) is 0.167. The molecule has 1 rings (SSSR count). The normalized spacial score (nSPS) is 11.5. The third kappa shape index (κ3) is 2.44. The van der Waals surface area contributed by atoms with Crippen LogP contribution in [0.4, 0.5) is 0 Å². The zero-order valence-electron chi connectivity index (χ0n) is 8.74. The first-order valence-corrected chi connectivity index (χ1v) is 4.54. The van der Waals surface area contributed by atoms with Crippen LogP contribution in [0.15, 0.2) is 29.8 Å². The molecule has 0 aromatic heterocycles. The summed E-state index contributed by atoms with van der Waals surface area (Å²) >= 11 is 0. The van der Waals surface area contributed by atoms with E-state index in [-0.39, 0.29) is 5.57 Å². The highest BCUT2D eigenvalue weighted by Gasteiger charge is 2.09. The van der Waals surface area contributed by atoms with Gasteiger partial charge in [-0.1, -0.05) is 29.8 Å². The lowest BCUT2D eigenvalue weighted by atomic mass is 10.0. The Hall–Kier alpha value is -2.08. The lowest BCUT2D eigenvalue weighted by molar-refractivity contribution is -0.114. The quantitative estimate of drug-likeness (QED) is 0.584. The zero-order valence-corrected chi connectivity index (χ0v) is 8.74. The number of primary amides is 1. The number of rotatable bonds is 2. The predicted molar refractivity (Wildman–Crippen MR) is 58.6 cm³/mol. The molecule has 0 saturated carbocycles. The van der Waals surface area contributed by atoms with Gasteiger partial charge in [-0.15, -0.1) is 0 Å². The Kier molecular flexibility index (Phi) is 3.25. The molecule has 0 aliphatic rings. The lowest BCUT2D eigenvalue weighted by Crippen LogP contribution is -2.13. The zero-order chi connectivity index (χ0) is 11.4. The van der Waals surface area contributed by atoms with Crippen molar-refractivity contribution in [2.45, 2.75) is 13.8 Å². The van der Waals surface area contributed by atoms with E-state index in [4.69, 9.17) is 11.0 Å². The highest BCUT2D eigenvalue weighted by Crippen LogP contribution is 2.18. The average Bonchev–Trinajstić information content (AvgIpc) is 2.19. The smallest absolute Gasteiger partial charge is 0.259 e. The minimum atomic E-state index is -0.685. The Morgan fingerprint density at radius 3 is 2.27 bits per heavy atom. The largest absolute Gasteiger partial charge is 0.365 e. The van der Waals surface area contributed by atoms with E-state index in [9.17, 15) is 4.79 Å². The van der Waals surface area contributed by atoms with Crippen LogP contribution in [0, 0.1) is 18.3 Å². The Bertz CT molecular complexity index is 450. The van der Waals surface area contributed by atoms with Crippen LogP contribution < -0.4 is 5.73 Å². The van der Waals surface area contributed by atoms with Crippen molar-refractivity contribution < 1.29 is 4.79 Å². The van der Waals surface area contributed by atoms with Gasteiger partial charge in [0.25, 0.3) is 5.91 Å². The molecule has 0 aliphatic carbocycles. The molecule has 3 nitrogen and oxygen atoms in total. The van der Waals surface area contributed by atoms with Crippen LogP contribution >= 0.6 is 0 Å². The SMILES string of the molecule is CC(=C(C#N)C(N)=O)c1ccc(C)cc1. The second-order valence-corrected chi connectivity index (χ2v) is 3.34. The van der Waals surface area contributed by atoms with E-state index in [1.54, 1.807) is 6.92 Å². The van der Waals surface area contributed by atoms with E-state index in [2.05, 4.69) is 0 Å². The molecule has 0 saturated heterocycles. The van der Waals surface area contributed by atoms with Crippen LogP contribution in [0.25, 0.3) is 5.57 Å². The number of benzene rings is 1. The maximum absolute atomic E-state index is 11.0. The van der Waals surface area contributed by atoms with Gasteiger partial charge in [0.1, 0.15) is 11.6 Å². The van der Waals surface area contributed by atoms with E-state index in [1.165, 1.54) is 0 Å². The first-order valence-electron chi connectivity index (χ1n) is 4.54. The molecule has 15 heavy (non-hydrogen) atoms. The first kappa shape index (κ1) is 11.0. The van der Waals surface area contributed by atoms with Crippen molar-refractivity contribution in [2.24, 2.45) is 5.73 Å². The van der Waals surface area contributed by atoms with Crippen molar-refractivity contribution in [1.82, 2.24) is 0 Å². The number of nitrogens with zero attached hydrogens (tertiary/aromatic N) is 1. The van der Waals surface area contributed by atoms with Crippen LogP contribution in [-0.4, -0.2) is 5.91 Å². The summed E-state index contributed by atoms with van der Waals surface area (Å²) in [4.78, 5) is 11.0. The van der Waals surface area contributed by atoms with Crippen LogP contribution in [-0.2, 0) is 4.79 Å². The molecule has 0 fully saturated rings. The van der Waals surface area contributed by atoms with Gasteiger partial charge in [0.2, 0.25) is 0 Å². The number of carbonyl (C=O) groups is 1. The van der Waals surface area contributed by atoms with Crippen molar-refractivity contribution in [1.29, 1.82) is 5.26 Å². The predicted octanol–water partition coefficient (Wildman–Crippen LogP) is 1.78. The minimum Gasteiger partial charge on any atom is -0.365 e. The molecule has 0 unspecified atom stereocenters. The second-order valence-electron chi connectivity index (χ2n) is 3.34. The highest BCUT2D eigenvalue weighted by atomic mass is 16.1. The number of carbonyl (C=O) groups excluding carboxylic acids is 1. The van der Waals surface area contributed by atoms with Crippen molar-refractivity contribution in [3.8, 4) is 6.07 Å². The van der Waals surface area contributed by atoms with Crippen LogP contribution in [0.1, 0.15) is 18.1 Å². The number of allylic oxidation sites excluding steroid dienone is 1. The summed E-state index contributed by atoms with van der Waals surface area (Å²) in [5.41, 5.74) is 7.70. The van der Waals surface area contributed by atoms with Gasteiger partial charge in [0.05, 0.1) is 0 Å². The fourth-order valence-electron chi connectivity index (χ4n) is 1.27.